The average Bonchev–Trinajstić information content (AvgIpc) is 2.65. The summed E-state index contributed by atoms with van der Waals surface area (Å²) in [6.45, 7) is 6.70. The Balaban J connectivity index is 2.35. The predicted octanol–water partition coefficient (Wildman–Crippen LogP) is 1.08. The van der Waals surface area contributed by atoms with Gasteiger partial charge < -0.3 is 15.3 Å². The molecule has 2 N–H and O–H groups in total. The van der Waals surface area contributed by atoms with Gasteiger partial charge in [-0.05, 0) is 39.3 Å². The molecule has 1 aliphatic rings. The van der Waals surface area contributed by atoms with Crippen LogP contribution in [0.25, 0.3) is 0 Å². The van der Waals surface area contributed by atoms with E-state index in [1.165, 1.54) is 19.3 Å². The number of nitrogens with one attached hydrogen (secondary N) is 1. The number of hydrogen-bond donors (Lipinski definition) is 2. The Bertz CT molecular complexity index is 175. The molecule has 3 nitrogen and oxygen atoms in total. The molecule has 3 unspecified atom stereocenters. The van der Waals surface area contributed by atoms with Crippen LogP contribution in [0.1, 0.15) is 33.1 Å². The Labute approximate surface area is 93.9 Å². The summed E-state index contributed by atoms with van der Waals surface area (Å²) in [4.78, 5) is 2.28. The molecule has 0 spiro atoms. The second kappa shape index (κ2) is 6.46. The van der Waals surface area contributed by atoms with Crippen LogP contribution in [-0.2, 0) is 0 Å². The van der Waals surface area contributed by atoms with E-state index in [1.807, 2.05) is 0 Å². The molecule has 3 heteroatoms. The van der Waals surface area contributed by atoms with Crippen molar-refractivity contribution < 1.29 is 5.11 Å². The zero-order valence-electron chi connectivity index (χ0n) is 10.4. The fourth-order valence-electron chi connectivity index (χ4n) is 2.48. The van der Waals surface area contributed by atoms with E-state index in [-0.39, 0.29) is 12.6 Å². The lowest BCUT2D eigenvalue weighted by Gasteiger charge is -2.29. The standard InChI is InChI=1S/C12H26N2O/c1-4-13-12-7-5-6-11(12)8-14(3)10(2)9-15/h10-13,15H,4-9H2,1-3H3. The predicted molar refractivity (Wildman–Crippen MR) is 64.0 cm³/mol. The van der Waals surface area contributed by atoms with E-state index >= 15 is 0 Å². The molecule has 1 saturated carbocycles. The SMILES string of the molecule is CCNC1CCCC1CN(C)C(C)CO. The van der Waals surface area contributed by atoms with Gasteiger partial charge in [0.2, 0.25) is 0 Å². The van der Waals surface area contributed by atoms with Crippen molar-refractivity contribution in [1.82, 2.24) is 10.2 Å². The van der Waals surface area contributed by atoms with Crippen LogP contribution in [0.3, 0.4) is 0 Å². The normalized spacial score (nSPS) is 28.6. The second-order valence-corrected chi connectivity index (χ2v) is 4.83. The number of rotatable bonds is 6. The van der Waals surface area contributed by atoms with Gasteiger partial charge in [-0.15, -0.1) is 0 Å². The lowest BCUT2D eigenvalue weighted by molar-refractivity contribution is 0.137. The summed E-state index contributed by atoms with van der Waals surface area (Å²) in [6, 6.07) is 0.983. The summed E-state index contributed by atoms with van der Waals surface area (Å²) in [5, 5.41) is 12.7. The van der Waals surface area contributed by atoms with Gasteiger partial charge in [-0.25, -0.2) is 0 Å². The third-order valence-corrected chi connectivity index (χ3v) is 3.66. The van der Waals surface area contributed by atoms with Crippen LogP contribution in [0.2, 0.25) is 0 Å². The molecule has 0 aromatic carbocycles. The molecular formula is C12H26N2O. The van der Waals surface area contributed by atoms with E-state index < -0.39 is 0 Å². The van der Waals surface area contributed by atoms with Crippen molar-refractivity contribution in [2.24, 2.45) is 5.92 Å². The van der Waals surface area contributed by atoms with Crippen LogP contribution < -0.4 is 5.32 Å². The highest BCUT2D eigenvalue weighted by Gasteiger charge is 2.27. The van der Waals surface area contributed by atoms with Crippen molar-refractivity contribution >= 4 is 0 Å². The first-order valence-corrected chi connectivity index (χ1v) is 6.23. The zero-order valence-corrected chi connectivity index (χ0v) is 10.4. The fourth-order valence-corrected chi connectivity index (χ4v) is 2.48. The lowest BCUT2D eigenvalue weighted by atomic mass is 10.0. The van der Waals surface area contributed by atoms with Gasteiger partial charge in [-0.2, -0.15) is 0 Å². The summed E-state index contributed by atoms with van der Waals surface area (Å²) in [6.07, 6.45) is 4.00. The van der Waals surface area contributed by atoms with Crippen LogP contribution in [0.4, 0.5) is 0 Å². The minimum Gasteiger partial charge on any atom is -0.395 e. The highest BCUT2D eigenvalue weighted by Crippen LogP contribution is 2.26. The van der Waals surface area contributed by atoms with Gasteiger partial charge in [0.25, 0.3) is 0 Å². The summed E-state index contributed by atoms with van der Waals surface area (Å²) >= 11 is 0. The van der Waals surface area contributed by atoms with Gasteiger partial charge >= 0.3 is 0 Å². The van der Waals surface area contributed by atoms with E-state index in [2.05, 4.69) is 31.1 Å². The highest BCUT2D eigenvalue weighted by atomic mass is 16.3. The number of nitrogens with zero attached hydrogens (tertiary/aromatic N) is 1. The van der Waals surface area contributed by atoms with Gasteiger partial charge in [0.1, 0.15) is 0 Å². The molecule has 0 heterocycles. The Kier molecular flexibility index (Phi) is 5.58. The first kappa shape index (κ1) is 12.9. The molecule has 0 aromatic rings. The van der Waals surface area contributed by atoms with E-state index in [9.17, 15) is 0 Å². The van der Waals surface area contributed by atoms with Crippen LogP contribution in [0, 0.1) is 5.92 Å². The molecular weight excluding hydrogens is 188 g/mol. The molecule has 0 amide bonds. The maximum Gasteiger partial charge on any atom is 0.0584 e. The Morgan fingerprint density at radius 1 is 1.47 bits per heavy atom. The van der Waals surface area contributed by atoms with Crippen molar-refractivity contribution in [2.75, 3.05) is 26.7 Å². The Hall–Kier alpha value is -0.120. The molecule has 0 aromatic heterocycles. The van der Waals surface area contributed by atoms with Gasteiger partial charge in [0.05, 0.1) is 6.61 Å². The van der Waals surface area contributed by atoms with Gasteiger partial charge in [0, 0.05) is 18.6 Å². The van der Waals surface area contributed by atoms with E-state index in [0.29, 0.717) is 6.04 Å². The second-order valence-electron chi connectivity index (χ2n) is 4.83. The molecule has 1 aliphatic carbocycles. The van der Waals surface area contributed by atoms with Crippen molar-refractivity contribution in [3.8, 4) is 0 Å². The molecule has 1 rings (SSSR count). The van der Waals surface area contributed by atoms with Gasteiger partial charge in [-0.1, -0.05) is 13.3 Å². The summed E-state index contributed by atoms with van der Waals surface area (Å²) in [5.41, 5.74) is 0. The van der Waals surface area contributed by atoms with Gasteiger partial charge in [-0.3, -0.25) is 0 Å². The van der Waals surface area contributed by atoms with Crippen LogP contribution in [-0.4, -0.2) is 48.8 Å². The van der Waals surface area contributed by atoms with Crippen LogP contribution >= 0.6 is 0 Å². The molecule has 3 atom stereocenters. The molecule has 90 valence electrons. The number of likely N-dealkylation sites (N-methyl/N-ethyl adjacent to an activating group) is 1. The van der Waals surface area contributed by atoms with Crippen LogP contribution in [0.5, 0.6) is 0 Å². The molecule has 0 saturated heterocycles. The fraction of sp³-hybridized carbons (Fsp3) is 1.00. The van der Waals surface area contributed by atoms with Crippen molar-refractivity contribution in [3.63, 3.8) is 0 Å². The van der Waals surface area contributed by atoms with E-state index in [1.54, 1.807) is 0 Å². The van der Waals surface area contributed by atoms with E-state index in [0.717, 1.165) is 19.0 Å². The lowest BCUT2D eigenvalue weighted by Crippen LogP contribution is -2.41. The van der Waals surface area contributed by atoms with Crippen molar-refractivity contribution in [1.29, 1.82) is 0 Å². The molecule has 1 fully saturated rings. The highest BCUT2D eigenvalue weighted by molar-refractivity contribution is 4.85. The maximum absolute atomic E-state index is 9.09. The molecule has 15 heavy (non-hydrogen) atoms. The third kappa shape index (κ3) is 3.74. The maximum atomic E-state index is 9.09. The average molecular weight is 214 g/mol. The molecule has 0 bridgehead atoms. The summed E-state index contributed by atoms with van der Waals surface area (Å²) < 4.78 is 0. The smallest absolute Gasteiger partial charge is 0.0584 e. The largest absolute Gasteiger partial charge is 0.395 e. The van der Waals surface area contributed by atoms with Crippen molar-refractivity contribution in [3.05, 3.63) is 0 Å². The topological polar surface area (TPSA) is 35.5 Å². The van der Waals surface area contributed by atoms with Crippen molar-refractivity contribution in [2.45, 2.75) is 45.2 Å². The summed E-state index contributed by atoms with van der Waals surface area (Å²) in [7, 11) is 2.11. The van der Waals surface area contributed by atoms with Gasteiger partial charge in [0.15, 0.2) is 0 Å². The summed E-state index contributed by atoms with van der Waals surface area (Å²) in [5.74, 6) is 0.768. The zero-order chi connectivity index (χ0) is 11.3. The molecule has 0 radical (unpaired) electrons. The monoisotopic (exact) mass is 214 g/mol. The molecule has 0 aliphatic heterocycles. The Morgan fingerprint density at radius 2 is 2.20 bits per heavy atom. The minimum absolute atomic E-state index is 0.259. The first-order chi connectivity index (χ1) is 7.19. The Morgan fingerprint density at radius 3 is 2.80 bits per heavy atom. The number of aliphatic hydroxyl groups is 1. The third-order valence-electron chi connectivity index (χ3n) is 3.66. The quantitative estimate of drug-likeness (QED) is 0.694. The van der Waals surface area contributed by atoms with Crippen LogP contribution in [0.15, 0.2) is 0 Å². The number of hydrogen-bond acceptors (Lipinski definition) is 3. The van der Waals surface area contributed by atoms with E-state index in [4.69, 9.17) is 5.11 Å². The minimum atomic E-state index is 0.259. The first-order valence-electron chi connectivity index (χ1n) is 6.23. The number of aliphatic hydroxyl groups excluding tert-OH is 1.